The molecule has 0 saturated heterocycles. The van der Waals surface area contributed by atoms with Gasteiger partial charge in [-0.1, -0.05) is 12.1 Å². The molecule has 0 aliphatic rings. The number of halogens is 1. The lowest BCUT2D eigenvalue weighted by atomic mass is 10.0. The Hall–Kier alpha value is -1.44. The summed E-state index contributed by atoms with van der Waals surface area (Å²) in [6, 6.07) is 6.52. The van der Waals surface area contributed by atoms with E-state index in [1.54, 1.807) is 18.2 Å². The summed E-state index contributed by atoms with van der Waals surface area (Å²) >= 11 is 0. The molecule has 0 fully saturated rings. The number of phenolic OH excluding ortho intramolecular Hbond substituents is 1. The monoisotopic (exact) mass is 228 g/mol. The predicted molar refractivity (Wildman–Crippen MR) is 59.1 cm³/mol. The van der Waals surface area contributed by atoms with Crippen molar-refractivity contribution >= 4 is 12.4 Å². The predicted octanol–water partition coefficient (Wildman–Crippen LogP) is 1.74. The van der Waals surface area contributed by atoms with E-state index in [2.05, 4.69) is 0 Å². The molecule has 15 heavy (non-hydrogen) atoms. The van der Waals surface area contributed by atoms with Gasteiger partial charge in [-0.15, -0.1) is 12.4 Å². The van der Waals surface area contributed by atoms with E-state index in [-0.39, 0.29) is 24.6 Å². The van der Waals surface area contributed by atoms with Gasteiger partial charge < -0.3 is 15.6 Å². The van der Waals surface area contributed by atoms with Crippen LogP contribution in [-0.4, -0.2) is 12.2 Å². The fourth-order valence-electron chi connectivity index (χ4n) is 1.21. The number of nitrogens with two attached hydrogens (primary N) is 1. The fourth-order valence-corrected chi connectivity index (χ4v) is 1.21. The standard InChI is InChI=1S/C10H12N2O2.ClH/c1-14-9-4-2-3-7(10(9)13)8(12)5-6-11;/h2-4,8,13H,5,12H2,1H3;1H/t8-;/m1./s1. The molecule has 0 radical (unpaired) electrons. The second-order valence-electron chi connectivity index (χ2n) is 2.87. The van der Waals surface area contributed by atoms with Crippen molar-refractivity contribution in [2.45, 2.75) is 12.5 Å². The van der Waals surface area contributed by atoms with Crippen molar-refractivity contribution in [3.05, 3.63) is 23.8 Å². The average molecular weight is 229 g/mol. The first-order chi connectivity index (χ1) is 6.70. The summed E-state index contributed by atoms with van der Waals surface area (Å²) in [5.41, 5.74) is 6.23. The first kappa shape index (κ1) is 13.6. The fraction of sp³-hybridized carbons (Fsp3) is 0.300. The molecule has 0 aliphatic carbocycles. The number of ether oxygens (including phenoxy) is 1. The number of para-hydroxylation sites is 1. The van der Waals surface area contributed by atoms with Crippen LogP contribution in [0.5, 0.6) is 11.5 Å². The van der Waals surface area contributed by atoms with Crippen molar-refractivity contribution < 1.29 is 9.84 Å². The van der Waals surface area contributed by atoms with E-state index < -0.39 is 6.04 Å². The van der Waals surface area contributed by atoms with Crippen LogP contribution in [0, 0.1) is 11.3 Å². The van der Waals surface area contributed by atoms with Gasteiger partial charge in [0.15, 0.2) is 11.5 Å². The Labute approximate surface area is 94.7 Å². The molecule has 0 saturated carbocycles. The second-order valence-corrected chi connectivity index (χ2v) is 2.87. The highest BCUT2D eigenvalue weighted by molar-refractivity contribution is 5.85. The van der Waals surface area contributed by atoms with Gasteiger partial charge in [0.1, 0.15) is 0 Å². The summed E-state index contributed by atoms with van der Waals surface area (Å²) in [5, 5.41) is 18.1. The Morgan fingerprint density at radius 3 is 2.80 bits per heavy atom. The number of aromatic hydroxyl groups is 1. The van der Waals surface area contributed by atoms with Crippen molar-refractivity contribution in [2.24, 2.45) is 5.73 Å². The Kier molecular flexibility index (Phi) is 5.53. The number of methoxy groups -OCH3 is 1. The minimum atomic E-state index is -0.477. The molecule has 82 valence electrons. The van der Waals surface area contributed by atoms with Crippen molar-refractivity contribution in [2.75, 3.05) is 7.11 Å². The second kappa shape index (κ2) is 6.12. The molecule has 5 heteroatoms. The molecule has 3 N–H and O–H groups in total. The molecule has 0 unspecified atom stereocenters. The van der Waals surface area contributed by atoms with E-state index in [4.69, 9.17) is 15.7 Å². The first-order valence-electron chi connectivity index (χ1n) is 4.19. The van der Waals surface area contributed by atoms with Gasteiger partial charge in [-0.25, -0.2) is 0 Å². The molecular formula is C10H13ClN2O2. The zero-order chi connectivity index (χ0) is 10.6. The molecule has 0 bridgehead atoms. The molecule has 0 heterocycles. The summed E-state index contributed by atoms with van der Waals surface area (Å²) in [6.07, 6.45) is 0.167. The van der Waals surface area contributed by atoms with Crippen molar-refractivity contribution in [1.29, 1.82) is 5.26 Å². The van der Waals surface area contributed by atoms with Gasteiger partial charge in [0.25, 0.3) is 0 Å². The van der Waals surface area contributed by atoms with Gasteiger partial charge >= 0.3 is 0 Å². The average Bonchev–Trinajstić information content (AvgIpc) is 2.18. The Balaban J connectivity index is 0.00000196. The SMILES string of the molecule is COc1cccc([C@H](N)CC#N)c1O.Cl. The lowest BCUT2D eigenvalue weighted by molar-refractivity contribution is 0.368. The molecule has 1 aromatic rings. The van der Waals surface area contributed by atoms with Gasteiger partial charge in [-0.05, 0) is 6.07 Å². The van der Waals surface area contributed by atoms with Gasteiger partial charge in [0, 0.05) is 11.6 Å². The zero-order valence-corrected chi connectivity index (χ0v) is 9.12. The molecule has 1 aromatic carbocycles. The van der Waals surface area contributed by atoms with Crippen molar-refractivity contribution in [3.63, 3.8) is 0 Å². The van der Waals surface area contributed by atoms with E-state index in [0.717, 1.165) is 0 Å². The normalized spacial score (nSPS) is 11.0. The van der Waals surface area contributed by atoms with Crippen LogP contribution in [0.3, 0.4) is 0 Å². The lowest BCUT2D eigenvalue weighted by Gasteiger charge is -2.12. The summed E-state index contributed by atoms with van der Waals surface area (Å²) in [4.78, 5) is 0. The minimum Gasteiger partial charge on any atom is -0.504 e. The van der Waals surface area contributed by atoms with E-state index in [1.807, 2.05) is 6.07 Å². The maximum Gasteiger partial charge on any atom is 0.162 e. The molecule has 1 rings (SSSR count). The van der Waals surface area contributed by atoms with Crippen LogP contribution in [-0.2, 0) is 0 Å². The van der Waals surface area contributed by atoms with Crippen LogP contribution in [0.25, 0.3) is 0 Å². The summed E-state index contributed by atoms with van der Waals surface area (Å²) in [7, 11) is 1.47. The maximum atomic E-state index is 9.67. The van der Waals surface area contributed by atoms with Gasteiger partial charge in [-0.3, -0.25) is 0 Å². The van der Waals surface area contributed by atoms with Crippen molar-refractivity contribution in [3.8, 4) is 17.6 Å². The van der Waals surface area contributed by atoms with Crippen LogP contribution in [0.2, 0.25) is 0 Å². The van der Waals surface area contributed by atoms with Crippen LogP contribution in [0.1, 0.15) is 18.0 Å². The van der Waals surface area contributed by atoms with E-state index in [0.29, 0.717) is 11.3 Å². The largest absolute Gasteiger partial charge is 0.504 e. The van der Waals surface area contributed by atoms with E-state index in [9.17, 15) is 5.11 Å². The zero-order valence-electron chi connectivity index (χ0n) is 8.30. The molecule has 0 amide bonds. The molecule has 0 aromatic heterocycles. The Morgan fingerprint density at radius 2 is 2.27 bits per heavy atom. The summed E-state index contributed by atoms with van der Waals surface area (Å²) < 4.78 is 4.93. The molecular weight excluding hydrogens is 216 g/mol. The highest BCUT2D eigenvalue weighted by Crippen LogP contribution is 2.33. The van der Waals surface area contributed by atoms with Gasteiger partial charge in [-0.2, -0.15) is 5.26 Å². The number of rotatable bonds is 3. The third-order valence-corrected chi connectivity index (χ3v) is 1.96. The van der Waals surface area contributed by atoms with Crippen LogP contribution >= 0.6 is 12.4 Å². The molecule has 0 spiro atoms. The van der Waals surface area contributed by atoms with Crippen LogP contribution in [0.15, 0.2) is 18.2 Å². The highest BCUT2D eigenvalue weighted by Gasteiger charge is 2.13. The molecule has 1 atom stereocenters. The van der Waals surface area contributed by atoms with Crippen LogP contribution < -0.4 is 10.5 Å². The molecule has 0 aliphatic heterocycles. The van der Waals surface area contributed by atoms with Crippen LogP contribution in [0.4, 0.5) is 0 Å². The quantitative estimate of drug-likeness (QED) is 0.826. The minimum absolute atomic E-state index is 0. The number of nitriles is 1. The van der Waals surface area contributed by atoms with E-state index >= 15 is 0 Å². The van der Waals surface area contributed by atoms with E-state index in [1.165, 1.54) is 7.11 Å². The number of hydrogen-bond donors (Lipinski definition) is 2. The smallest absolute Gasteiger partial charge is 0.162 e. The Bertz CT molecular complexity index is 363. The Morgan fingerprint density at radius 1 is 1.60 bits per heavy atom. The van der Waals surface area contributed by atoms with Gasteiger partial charge in [0.05, 0.1) is 19.6 Å². The number of phenols is 1. The third-order valence-electron chi connectivity index (χ3n) is 1.96. The van der Waals surface area contributed by atoms with Crippen molar-refractivity contribution in [1.82, 2.24) is 0 Å². The third kappa shape index (κ3) is 3.01. The summed E-state index contributed by atoms with van der Waals surface area (Å²) in [6.45, 7) is 0. The first-order valence-corrected chi connectivity index (χ1v) is 4.19. The highest BCUT2D eigenvalue weighted by atomic mass is 35.5. The number of hydrogen-bond acceptors (Lipinski definition) is 4. The lowest BCUT2D eigenvalue weighted by Crippen LogP contribution is -2.09. The topological polar surface area (TPSA) is 79.3 Å². The summed E-state index contributed by atoms with van der Waals surface area (Å²) in [5.74, 6) is 0.383. The van der Waals surface area contributed by atoms with Gasteiger partial charge in [0.2, 0.25) is 0 Å². The maximum absolute atomic E-state index is 9.67. The molecule has 4 nitrogen and oxygen atoms in total. The number of nitrogens with zero attached hydrogens (tertiary/aromatic N) is 1. The number of benzene rings is 1.